The van der Waals surface area contributed by atoms with E-state index in [1.54, 1.807) is 9.80 Å². The Morgan fingerprint density at radius 1 is 0.974 bits per heavy atom. The summed E-state index contributed by atoms with van der Waals surface area (Å²) < 4.78 is 6.54. The van der Waals surface area contributed by atoms with Gasteiger partial charge in [0.05, 0.1) is 31.3 Å². The molecule has 1 N–H and O–H groups in total. The number of carbonyl (C=O) groups excluding carboxylic acids is 2. The molecule has 2 amide bonds. The third kappa shape index (κ3) is 5.98. The van der Waals surface area contributed by atoms with Crippen molar-refractivity contribution in [3.05, 3.63) is 95.6 Å². The highest BCUT2D eigenvalue weighted by atomic mass is 16.5. The fourth-order valence-electron chi connectivity index (χ4n) is 5.13. The number of rotatable bonds is 6. The second kappa shape index (κ2) is 12.4. The van der Waals surface area contributed by atoms with E-state index in [-0.39, 0.29) is 42.4 Å². The van der Waals surface area contributed by atoms with E-state index in [0.29, 0.717) is 25.3 Å². The zero-order chi connectivity index (χ0) is 27.2. The largest absolute Gasteiger partial charge is 0.394 e. The molecule has 1 heterocycles. The second-order valence-corrected chi connectivity index (χ2v) is 10.4. The van der Waals surface area contributed by atoms with E-state index in [9.17, 15) is 14.7 Å². The van der Waals surface area contributed by atoms with Crippen molar-refractivity contribution in [2.24, 2.45) is 5.92 Å². The highest BCUT2D eigenvalue weighted by Gasteiger charge is 2.32. The van der Waals surface area contributed by atoms with Gasteiger partial charge >= 0.3 is 0 Å². The minimum absolute atomic E-state index is 0.0192. The molecule has 4 rings (SSSR count). The van der Waals surface area contributed by atoms with Gasteiger partial charge in [0.25, 0.3) is 5.91 Å². The molecule has 6 nitrogen and oxygen atoms in total. The third-order valence-electron chi connectivity index (χ3n) is 7.59. The molecular formula is C32H38N2O4. The summed E-state index contributed by atoms with van der Waals surface area (Å²) >= 11 is 0. The summed E-state index contributed by atoms with van der Waals surface area (Å²) in [4.78, 5) is 30.7. The quantitative estimate of drug-likeness (QED) is 0.504. The Hall–Kier alpha value is -3.48. The maximum atomic E-state index is 13.9. The van der Waals surface area contributed by atoms with Crippen LogP contribution in [0.1, 0.15) is 48.2 Å². The molecule has 3 aromatic carbocycles. The smallest absolute Gasteiger partial charge is 0.254 e. The summed E-state index contributed by atoms with van der Waals surface area (Å²) in [6, 6.07) is 25.0. The van der Waals surface area contributed by atoms with E-state index in [1.807, 2.05) is 107 Å². The molecule has 4 atom stereocenters. The SMILES string of the molecule is C[C@H](C(=O)N(C)C[C@H]1OCc2ccccc2-c2ccccc2C(=O)N([C@H](C)CO)C[C@H]1C)c1ccccc1. The molecule has 0 unspecified atom stereocenters. The summed E-state index contributed by atoms with van der Waals surface area (Å²) in [5.74, 6) is -0.466. The predicted molar refractivity (Wildman–Crippen MR) is 150 cm³/mol. The Labute approximate surface area is 225 Å². The lowest BCUT2D eigenvalue weighted by atomic mass is 9.94. The molecule has 0 aliphatic carbocycles. The Kier molecular flexibility index (Phi) is 8.97. The second-order valence-electron chi connectivity index (χ2n) is 10.4. The van der Waals surface area contributed by atoms with Crippen molar-refractivity contribution in [1.29, 1.82) is 0 Å². The first-order valence-corrected chi connectivity index (χ1v) is 13.3. The first kappa shape index (κ1) is 27.6. The maximum absolute atomic E-state index is 13.9. The lowest BCUT2D eigenvalue weighted by Gasteiger charge is -2.35. The Morgan fingerprint density at radius 3 is 2.26 bits per heavy atom. The first-order chi connectivity index (χ1) is 18.3. The summed E-state index contributed by atoms with van der Waals surface area (Å²) in [6.45, 7) is 6.83. The van der Waals surface area contributed by atoms with Crippen LogP contribution >= 0.6 is 0 Å². The number of likely N-dealkylation sites (N-methyl/N-ethyl adjacent to an activating group) is 1. The normalized spacial score (nSPS) is 19.5. The molecule has 200 valence electrons. The number of amides is 2. The van der Waals surface area contributed by atoms with Crippen molar-refractivity contribution in [2.45, 2.75) is 45.4 Å². The van der Waals surface area contributed by atoms with Crippen LogP contribution in [0.5, 0.6) is 0 Å². The van der Waals surface area contributed by atoms with Crippen LogP contribution in [0.25, 0.3) is 11.1 Å². The molecular weight excluding hydrogens is 476 g/mol. The minimum Gasteiger partial charge on any atom is -0.394 e. The summed E-state index contributed by atoms with van der Waals surface area (Å²) in [6.07, 6.45) is -0.317. The van der Waals surface area contributed by atoms with Gasteiger partial charge in [0.2, 0.25) is 5.91 Å². The first-order valence-electron chi connectivity index (χ1n) is 13.3. The van der Waals surface area contributed by atoms with Gasteiger partial charge < -0.3 is 19.6 Å². The number of fused-ring (bicyclic) bond motifs is 3. The van der Waals surface area contributed by atoms with E-state index >= 15 is 0 Å². The molecule has 0 aromatic heterocycles. The molecule has 38 heavy (non-hydrogen) atoms. The highest BCUT2D eigenvalue weighted by molar-refractivity contribution is 6.01. The van der Waals surface area contributed by atoms with E-state index in [4.69, 9.17) is 4.74 Å². The summed E-state index contributed by atoms with van der Waals surface area (Å²) in [5.41, 5.74) is 4.36. The van der Waals surface area contributed by atoms with Gasteiger partial charge in [0.15, 0.2) is 0 Å². The van der Waals surface area contributed by atoms with Gasteiger partial charge in [-0.05, 0) is 42.2 Å². The van der Waals surface area contributed by atoms with Crippen molar-refractivity contribution in [1.82, 2.24) is 9.80 Å². The number of hydrogen-bond acceptors (Lipinski definition) is 4. The highest BCUT2D eigenvalue weighted by Crippen LogP contribution is 2.31. The molecule has 0 saturated carbocycles. The number of benzene rings is 3. The topological polar surface area (TPSA) is 70.1 Å². The molecule has 1 aliphatic heterocycles. The van der Waals surface area contributed by atoms with Gasteiger partial charge in [-0.2, -0.15) is 0 Å². The molecule has 0 spiro atoms. The lowest BCUT2D eigenvalue weighted by molar-refractivity contribution is -0.134. The van der Waals surface area contributed by atoms with Crippen molar-refractivity contribution >= 4 is 11.8 Å². The number of aliphatic hydroxyl groups is 1. The van der Waals surface area contributed by atoms with Crippen molar-refractivity contribution in [3.63, 3.8) is 0 Å². The van der Waals surface area contributed by atoms with E-state index in [0.717, 1.165) is 22.3 Å². The molecule has 6 heteroatoms. The zero-order valence-electron chi connectivity index (χ0n) is 22.7. The Bertz CT molecular complexity index is 1240. The van der Waals surface area contributed by atoms with Crippen molar-refractivity contribution in [3.8, 4) is 11.1 Å². The lowest BCUT2D eigenvalue weighted by Crippen LogP contribution is -2.48. The monoisotopic (exact) mass is 514 g/mol. The Balaban J connectivity index is 1.67. The third-order valence-corrected chi connectivity index (χ3v) is 7.59. The van der Waals surface area contributed by atoms with Gasteiger partial charge in [-0.15, -0.1) is 0 Å². The fourth-order valence-corrected chi connectivity index (χ4v) is 5.13. The van der Waals surface area contributed by atoms with Crippen LogP contribution in [0.4, 0.5) is 0 Å². The van der Waals surface area contributed by atoms with Gasteiger partial charge in [-0.1, -0.05) is 79.7 Å². The van der Waals surface area contributed by atoms with Gasteiger partial charge in [-0.3, -0.25) is 9.59 Å². The average molecular weight is 515 g/mol. The fraction of sp³-hybridized carbons (Fsp3) is 0.375. The summed E-state index contributed by atoms with van der Waals surface area (Å²) in [7, 11) is 1.81. The van der Waals surface area contributed by atoms with Crippen molar-refractivity contribution < 1.29 is 19.4 Å². The molecule has 0 bridgehead atoms. The maximum Gasteiger partial charge on any atom is 0.254 e. The van der Waals surface area contributed by atoms with Crippen LogP contribution in [-0.4, -0.2) is 65.6 Å². The van der Waals surface area contributed by atoms with E-state index in [2.05, 4.69) is 0 Å². The standard InChI is InChI=1S/C32H38N2O4/c1-22-18-34(23(2)20-35)32(37)29-17-11-10-16-28(29)27-15-9-8-14-26(27)21-38-30(22)19-33(4)31(36)24(3)25-12-6-5-7-13-25/h5-17,22-24,30,35H,18-21H2,1-4H3/t22-,23-,24+,30-/m1/s1. The predicted octanol–water partition coefficient (Wildman–Crippen LogP) is 4.97. The van der Waals surface area contributed by atoms with Crippen LogP contribution in [0.3, 0.4) is 0 Å². The van der Waals surface area contributed by atoms with E-state index in [1.165, 1.54) is 0 Å². The molecule has 1 aliphatic rings. The number of ether oxygens (including phenoxy) is 1. The summed E-state index contributed by atoms with van der Waals surface area (Å²) in [5, 5.41) is 10.0. The van der Waals surface area contributed by atoms with Crippen molar-refractivity contribution in [2.75, 3.05) is 26.7 Å². The minimum atomic E-state index is -0.368. The molecule has 0 radical (unpaired) electrons. The van der Waals surface area contributed by atoms with Crippen LogP contribution in [0, 0.1) is 5.92 Å². The van der Waals surface area contributed by atoms with Crippen LogP contribution < -0.4 is 0 Å². The molecule has 0 fully saturated rings. The average Bonchev–Trinajstić information content (AvgIpc) is 2.97. The van der Waals surface area contributed by atoms with Gasteiger partial charge in [0.1, 0.15) is 0 Å². The number of hydrogen-bond donors (Lipinski definition) is 1. The number of carbonyl (C=O) groups is 2. The molecule has 3 aromatic rings. The number of aliphatic hydroxyl groups excluding tert-OH is 1. The van der Waals surface area contributed by atoms with Crippen LogP contribution in [0.2, 0.25) is 0 Å². The van der Waals surface area contributed by atoms with Crippen LogP contribution in [0.15, 0.2) is 78.9 Å². The van der Waals surface area contributed by atoms with E-state index < -0.39 is 0 Å². The Morgan fingerprint density at radius 2 is 1.58 bits per heavy atom. The molecule has 0 saturated heterocycles. The van der Waals surface area contributed by atoms with Gasteiger partial charge in [0, 0.05) is 31.6 Å². The number of nitrogens with zero attached hydrogens (tertiary/aromatic N) is 2. The van der Waals surface area contributed by atoms with Crippen LogP contribution in [-0.2, 0) is 16.1 Å². The van der Waals surface area contributed by atoms with Gasteiger partial charge in [-0.25, -0.2) is 0 Å². The zero-order valence-corrected chi connectivity index (χ0v) is 22.7.